The zero-order valence-corrected chi connectivity index (χ0v) is 17.6. The second kappa shape index (κ2) is 8.80. The van der Waals surface area contributed by atoms with Crippen molar-refractivity contribution >= 4 is 17.5 Å². The normalized spacial score (nSPS) is 17.2. The number of carboxylic acid groups (broad SMARTS) is 1. The van der Waals surface area contributed by atoms with Gasteiger partial charge in [0.05, 0.1) is 5.56 Å². The molecule has 0 amide bonds. The first kappa shape index (κ1) is 20.2. The molecule has 2 aliphatic heterocycles. The van der Waals surface area contributed by atoms with Crippen molar-refractivity contribution in [2.45, 2.75) is 6.61 Å². The Morgan fingerprint density at radius 1 is 1.00 bits per heavy atom. The predicted octanol–water partition coefficient (Wildman–Crippen LogP) is 3.32. The smallest absolute Gasteiger partial charge is 0.335 e. The highest BCUT2D eigenvalue weighted by atomic mass is 16.5. The van der Waals surface area contributed by atoms with Crippen molar-refractivity contribution in [2.75, 3.05) is 37.6 Å². The van der Waals surface area contributed by atoms with E-state index < -0.39 is 5.97 Å². The summed E-state index contributed by atoms with van der Waals surface area (Å²) in [5, 5.41) is 9.51. The van der Waals surface area contributed by atoms with Crippen molar-refractivity contribution in [3.05, 3.63) is 89.3 Å². The van der Waals surface area contributed by atoms with Crippen LogP contribution in [0.3, 0.4) is 0 Å². The van der Waals surface area contributed by atoms with E-state index in [9.17, 15) is 9.90 Å². The van der Waals surface area contributed by atoms with Gasteiger partial charge in [-0.2, -0.15) is 0 Å². The maximum Gasteiger partial charge on any atom is 0.335 e. The van der Waals surface area contributed by atoms with E-state index in [0.717, 1.165) is 60.9 Å². The van der Waals surface area contributed by atoms with E-state index >= 15 is 0 Å². The van der Waals surface area contributed by atoms with Gasteiger partial charge >= 0.3 is 5.97 Å². The first-order chi connectivity index (χ1) is 15.7. The van der Waals surface area contributed by atoms with Gasteiger partial charge in [0.25, 0.3) is 0 Å². The molecular weight excluding hydrogens is 404 g/mol. The number of carboxylic acids is 1. The van der Waals surface area contributed by atoms with Crippen molar-refractivity contribution in [3.8, 4) is 5.75 Å². The number of fused-ring (bicyclic) bond motifs is 2. The van der Waals surface area contributed by atoms with Crippen LogP contribution in [0, 0.1) is 0 Å². The average Bonchev–Trinajstić information content (AvgIpc) is 3.00. The van der Waals surface area contributed by atoms with Crippen molar-refractivity contribution in [3.63, 3.8) is 0 Å². The van der Waals surface area contributed by atoms with Crippen LogP contribution in [-0.4, -0.2) is 58.7 Å². The lowest BCUT2D eigenvalue weighted by atomic mass is 9.93. The van der Waals surface area contributed by atoms with Crippen LogP contribution in [0.2, 0.25) is 0 Å². The molecular formula is C25H24N4O3. The first-order valence-corrected chi connectivity index (χ1v) is 10.7. The minimum atomic E-state index is -0.941. The van der Waals surface area contributed by atoms with Crippen LogP contribution in [0.1, 0.15) is 27.0 Å². The number of nitrogens with zero attached hydrogens (tertiary/aromatic N) is 4. The maximum atomic E-state index is 11.6. The molecule has 2 aromatic carbocycles. The molecule has 1 aromatic heterocycles. The number of benzene rings is 2. The molecule has 7 heteroatoms. The van der Waals surface area contributed by atoms with Gasteiger partial charge in [0.2, 0.25) is 5.95 Å². The van der Waals surface area contributed by atoms with E-state index in [0.29, 0.717) is 12.4 Å². The van der Waals surface area contributed by atoms with Crippen molar-refractivity contribution in [2.24, 2.45) is 0 Å². The Morgan fingerprint density at radius 3 is 2.56 bits per heavy atom. The quantitative estimate of drug-likeness (QED) is 0.683. The van der Waals surface area contributed by atoms with Crippen LogP contribution in [0.25, 0.3) is 5.57 Å². The highest BCUT2D eigenvalue weighted by molar-refractivity contribution is 5.92. The van der Waals surface area contributed by atoms with Crippen LogP contribution in [0.15, 0.2) is 67.0 Å². The predicted molar refractivity (Wildman–Crippen MR) is 122 cm³/mol. The Labute approximate surface area is 186 Å². The number of hydrogen-bond acceptors (Lipinski definition) is 6. The van der Waals surface area contributed by atoms with Crippen molar-refractivity contribution in [1.29, 1.82) is 0 Å². The van der Waals surface area contributed by atoms with E-state index in [1.807, 2.05) is 18.2 Å². The maximum absolute atomic E-state index is 11.6. The van der Waals surface area contributed by atoms with Gasteiger partial charge in [0, 0.05) is 50.7 Å². The van der Waals surface area contributed by atoms with Gasteiger partial charge in [-0.05, 0) is 41.0 Å². The SMILES string of the molecule is O=C(O)c1ccc2c(c1)/C(=C\CN1CCN(c3ncccn3)CC1)c1ccccc1CO2. The number of aromatic carboxylic acids is 1. The van der Waals surface area contributed by atoms with Crippen LogP contribution in [-0.2, 0) is 6.61 Å². The minimum absolute atomic E-state index is 0.258. The van der Waals surface area contributed by atoms with Gasteiger partial charge in [-0.15, -0.1) is 0 Å². The molecule has 5 rings (SSSR count). The Kier molecular flexibility index (Phi) is 5.56. The molecule has 162 valence electrons. The molecule has 0 unspecified atom stereocenters. The number of rotatable bonds is 4. The van der Waals surface area contributed by atoms with E-state index in [4.69, 9.17) is 4.74 Å². The standard InChI is InChI=1S/C25H24N4O3/c30-24(31)18-6-7-23-22(16-18)21(20-5-2-1-4-19(20)17-32-23)8-11-28-12-14-29(15-13-28)25-26-9-3-10-27-25/h1-10,16H,11-15,17H2,(H,30,31)/b21-8-. The van der Waals surface area contributed by atoms with Gasteiger partial charge in [-0.25, -0.2) is 14.8 Å². The summed E-state index contributed by atoms with van der Waals surface area (Å²) in [5.74, 6) is 0.544. The molecule has 0 atom stereocenters. The fraction of sp³-hybridized carbons (Fsp3) is 0.240. The third kappa shape index (κ3) is 4.07. The molecule has 0 saturated carbocycles. The lowest BCUT2D eigenvalue weighted by Gasteiger charge is -2.34. The molecule has 2 aliphatic rings. The topological polar surface area (TPSA) is 78.8 Å². The van der Waals surface area contributed by atoms with Gasteiger partial charge in [0.1, 0.15) is 12.4 Å². The Bertz CT molecular complexity index is 1150. The Morgan fingerprint density at radius 2 is 1.78 bits per heavy atom. The second-order valence-electron chi connectivity index (χ2n) is 7.92. The highest BCUT2D eigenvalue weighted by Gasteiger charge is 2.22. The molecule has 1 saturated heterocycles. The summed E-state index contributed by atoms with van der Waals surface area (Å²) in [5.41, 5.74) is 4.29. The summed E-state index contributed by atoms with van der Waals surface area (Å²) in [6.07, 6.45) is 5.74. The minimum Gasteiger partial charge on any atom is -0.488 e. The summed E-state index contributed by atoms with van der Waals surface area (Å²) in [6, 6.07) is 15.1. The molecule has 0 spiro atoms. The van der Waals surface area contributed by atoms with E-state index in [1.165, 1.54) is 0 Å². The molecule has 7 nitrogen and oxygen atoms in total. The molecule has 32 heavy (non-hydrogen) atoms. The van der Waals surface area contributed by atoms with Crippen LogP contribution < -0.4 is 9.64 Å². The van der Waals surface area contributed by atoms with Gasteiger partial charge < -0.3 is 14.7 Å². The third-order valence-corrected chi connectivity index (χ3v) is 5.97. The Balaban J connectivity index is 1.41. The van der Waals surface area contributed by atoms with Gasteiger partial charge in [-0.3, -0.25) is 4.90 Å². The molecule has 0 radical (unpaired) electrons. The molecule has 0 aliphatic carbocycles. The monoisotopic (exact) mass is 428 g/mol. The summed E-state index contributed by atoms with van der Waals surface area (Å²) in [7, 11) is 0. The van der Waals surface area contributed by atoms with E-state index in [1.54, 1.807) is 30.6 Å². The summed E-state index contributed by atoms with van der Waals surface area (Å²) >= 11 is 0. The molecule has 0 bridgehead atoms. The van der Waals surface area contributed by atoms with Crippen LogP contribution in [0.4, 0.5) is 5.95 Å². The van der Waals surface area contributed by atoms with Crippen molar-refractivity contribution < 1.29 is 14.6 Å². The number of carbonyl (C=O) groups is 1. The number of hydrogen-bond donors (Lipinski definition) is 1. The molecule has 3 heterocycles. The number of ether oxygens (including phenoxy) is 1. The van der Waals surface area contributed by atoms with Gasteiger partial charge in [0.15, 0.2) is 0 Å². The zero-order valence-electron chi connectivity index (χ0n) is 17.6. The van der Waals surface area contributed by atoms with E-state index in [-0.39, 0.29) is 5.56 Å². The summed E-state index contributed by atoms with van der Waals surface area (Å²) < 4.78 is 6.03. The fourth-order valence-corrected chi connectivity index (χ4v) is 4.23. The van der Waals surface area contributed by atoms with E-state index in [2.05, 4.69) is 38.0 Å². The largest absolute Gasteiger partial charge is 0.488 e. The van der Waals surface area contributed by atoms with Gasteiger partial charge in [-0.1, -0.05) is 30.3 Å². The van der Waals surface area contributed by atoms with Crippen LogP contribution >= 0.6 is 0 Å². The van der Waals surface area contributed by atoms with Crippen LogP contribution in [0.5, 0.6) is 5.75 Å². The highest BCUT2D eigenvalue weighted by Crippen LogP contribution is 2.37. The van der Waals surface area contributed by atoms with Crippen molar-refractivity contribution in [1.82, 2.24) is 14.9 Å². The molecule has 3 aromatic rings. The second-order valence-corrected chi connectivity index (χ2v) is 7.92. The Hall–Kier alpha value is -3.71. The first-order valence-electron chi connectivity index (χ1n) is 10.7. The fourth-order valence-electron chi connectivity index (χ4n) is 4.23. The number of piperazine rings is 1. The number of anilines is 1. The molecule has 1 fully saturated rings. The zero-order chi connectivity index (χ0) is 21.9. The molecule has 1 N–H and O–H groups in total. The average molecular weight is 428 g/mol. The third-order valence-electron chi connectivity index (χ3n) is 5.97. The number of aromatic nitrogens is 2. The summed E-state index contributed by atoms with van der Waals surface area (Å²) in [6.45, 7) is 4.77. The lowest BCUT2D eigenvalue weighted by Crippen LogP contribution is -2.47. The summed E-state index contributed by atoms with van der Waals surface area (Å²) in [4.78, 5) is 24.9. The lowest BCUT2D eigenvalue weighted by molar-refractivity contribution is 0.0697.